The summed E-state index contributed by atoms with van der Waals surface area (Å²) < 4.78 is 0. The molecule has 0 spiro atoms. The van der Waals surface area contributed by atoms with E-state index in [2.05, 4.69) is 43.0 Å². The van der Waals surface area contributed by atoms with Gasteiger partial charge in [-0.25, -0.2) is 0 Å². The van der Waals surface area contributed by atoms with Gasteiger partial charge in [0.1, 0.15) is 8.07 Å². The summed E-state index contributed by atoms with van der Waals surface area (Å²) in [5.41, 5.74) is 3.23. The van der Waals surface area contributed by atoms with E-state index in [-0.39, 0.29) is 5.91 Å². The van der Waals surface area contributed by atoms with E-state index in [0.717, 1.165) is 6.42 Å². The van der Waals surface area contributed by atoms with Crippen LogP contribution < -0.4 is 5.32 Å². The maximum atomic E-state index is 10.7. The zero-order chi connectivity index (χ0) is 10.3. The fraction of sp³-hybridized carbons (Fsp3) is 0.500. The minimum Gasteiger partial charge on any atom is -0.352 e. The quantitative estimate of drug-likeness (QED) is 0.315. The van der Waals surface area contributed by atoms with Gasteiger partial charge in [0, 0.05) is 13.0 Å². The van der Waals surface area contributed by atoms with Crippen molar-refractivity contribution in [1.29, 1.82) is 0 Å². The third kappa shape index (κ3) is 8.90. The standard InChI is InChI=1S/C10H17NOSi/c1-5-10(12)11-8-6-7-9-13(2,3)4/h5H,1,6,8H2,2-4H3,(H,11,12). The number of nitrogens with one attached hydrogen (secondary N) is 1. The van der Waals surface area contributed by atoms with Crippen LogP contribution in [0.25, 0.3) is 0 Å². The predicted octanol–water partition coefficient (Wildman–Crippen LogP) is 1.56. The molecule has 1 amide bonds. The smallest absolute Gasteiger partial charge is 0.243 e. The molecule has 3 heteroatoms. The summed E-state index contributed by atoms with van der Waals surface area (Å²) in [7, 11) is -1.24. The van der Waals surface area contributed by atoms with Crippen LogP contribution >= 0.6 is 0 Å². The Morgan fingerprint density at radius 3 is 2.62 bits per heavy atom. The Bertz CT molecular complexity index is 242. The average molecular weight is 195 g/mol. The van der Waals surface area contributed by atoms with Crippen molar-refractivity contribution >= 4 is 14.0 Å². The van der Waals surface area contributed by atoms with Crippen LogP contribution in [0.1, 0.15) is 6.42 Å². The molecule has 0 aromatic carbocycles. The molecule has 0 atom stereocenters. The van der Waals surface area contributed by atoms with Crippen LogP contribution in [0, 0.1) is 11.5 Å². The number of carbonyl (C=O) groups is 1. The highest BCUT2D eigenvalue weighted by molar-refractivity contribution is 6.83. The van der Waals surface area contributed by atoms with Gasteiger partial charge in [0.05, 0.1) is 0 Å². The number of rotatable bonds is 3. The van der Waals surface area contributed by atoms with Crippen molar-refractivity contribution < 1.29 is 4.79 Å². The molecule has 0 fully saturated rings. The zero-order valence-electron chi connectivity index (χ0n) is 8.61. The number of carbonyl (C=O) groups excluding carboxylic acids is 1. The van der Waals surface area contributed by atoms with Crippen LogP contribution in [0.15, 0.2) is 12.7 Å². The van der Waals surface area contributed by atoms with E-state index >= 15 is 0 Å². The molecular formula is C10H17NOSi. The van der Waals surface area contributed by atoms with E-state index in [1.54, 1.807) is 0 Å². The molecule has 0 saturated carbocycles. The highest BCUT2D eigenvalue weighted by Gasteiger charge is 2.06. The largest absolute Gasteiger partial charge is 0.352 e. The highest BCUT2D eigenvalue weighted by atomic mass is 28.3. The lowest BCUT2D eigenvalue weighted by Crippen LogP contribution is -2.22. The molecule has 72 valence electrons. The Morgan fingerprint density at radius 1 is 1.54 bits per heavy atom. The van der Waals surface area contributed by atoms with Gasteiger partial charge in [0.25, 0.3) is 0 Å². The molecule has 0 aromatic heterocycles. The second-order valence-corrected chi connectivity index (χ2v) is 8.55. The van der Waals surface area contributed by atoms with Crippen molar-refractivity contribution in [2.75, 3.05) is 6.54 Å². The van der Waals surface area contributed by atoms with Crippen molar-refractivity contribution in [2.24, 2.45) is 0 Å². The average Bonchev–Trinajstić information content (AvgIpc) is 2.01. The van der Waals surface area contributed by atoms with Crippen molar-refractivity contribution in [1.82, 2.24) is 5.32 Å². The lowest BCUT2D eigenvalue weighted by atomic mass is 10.4. The maximum Gasteiger partial charge on any atom is 0.243 e. The van der Waals surface area contributed by atoms with Gasteiger partial charge >= 0.3 is 0 Å². The van der Waals surface area contributed by atoms with Crippen LogP contribution in [0.3, 0.4) is 0 Å². The predicted molar refractivity (Wildman–Crippen MR) is 58.9 cm³/mol. The summed E-state index contributed by atoms with van der Waals surface area (Å²) in [5, 5.41) is 2.67. The van der Waals surface area contributed by atoms with E-state index in [9.17, 15) is 4.79 Å². The number of hydrogen-bond donors (Lipinski definition) is 1. The molecule has 0 aliphatic heterocycles. The second kappa shape index (κ2) is 5.60. The summed E-state index contributed by atoms with van der Waals surface area (Å²) in [6.07, 6.45) is 2.00. The summed E-state index contributed by atoms with van der Waals surface area (Å²) in [6, 6.07) is 0. The molecule has 0 unspecified atom stereocenters. The molecule has 0 aliphatic rings. The normalized spacial score (nSPS) is 9.77. The molecule has 0 bridgehead atoms. The van der Waals surface area contributed by atoms with Gasteiger partial charge in [-0.1, -0.05) is 26.2 Å². The minimum atomic E-state index is -1.24. The highest BCUT2D eigenvalue weighted by Crippen LogP contribution is 1.96. The summed E-state index contributed by atoms with van der Waals surface area (Å²) in [4.78, 5) is 10.7. The molecule has 0 rings (SSSR count). The van der Waals surface area contributed by atoms with Crippen LogP contribution in [0.5, 0.6) is 0 Å². The van der Waals surface area contributed by atoms with Crippen LogP contribution in [0.4, 0.5) is 0 Å². The Morgan fingerprint density at radius 2 is 2.15 bits per heavy atom. The molecule has 0 radical (unpaired) electrons. The second-order valence-electron chi connectivity index (χ2n) is 3.80. The van der Waals surface area contributed by atoms with Crippen LogP contribution in [-0.4, -0.2) is 20.5 Å². The fourth-order valence-electron chi connectivity index (χ4n) is 0.648. The molecular weight excluding hydrogens is 178 g/mol. The van der Waals surface area contributed by atoms with Gasteiger partial charge in [-0.3, -0.25) is 4.79 Å². The third-order valence-electron chi connectivity index (χ3n) is 1.20. The van der Waals surface area contributed by atoms with E-state index in [0.29, 0.717) is 6.54 Å². The summed E-state index contributed by atoms with van der Waals surface area (Å²) >= 11 is 0. The Balaban J connectivity index is 3.61. The molecule has 0 heterocycles. The first-order valence-electron chi connectivity index (χ1n) is 4.36. The van der Waals surface area contributed by atoms with Gasteiger partial charge in [-0.05, 0) is 6.08 Å². The van der Waals surface area contributed by atoms with Gasteiger partial charge in [-0.15, -0.1) is 11.5 Å². The molecule has 2 nitrogen and oxygen atoms in total. The Labute approximate surface area is 81.4 Å². The number of hydrogen-bond acceptors (Lipinski definition) is 1. The first-order valence-corrected chi connectivity index (χ1v) is 7.86. The summed E-state index contributed by atoms with van der Waals surface area (Å²) in [6.45, 7) is 10.6. The van der Waals surface area contributed by atoms with E-state index in [4.69, 9.17) is 0 Å². The zero-order valence-corrected chi connectivity index (χ0v) is 9.61. The van der Waals surface area contributed by atoms with Crippen LogP contribution in [0.2, 0.25) is 19.6 Å². The monoisotopic (exact) mass is 195 g/mol. The van der Waals surface area contributed by atoms with Crippen molar-refractivity contribution in [3.63, 3.8) is 0 Å². The van der Waals surface area contributed by atoms with Crippen molar-refractivity contribution in [2.45, 2.75) is 26.1 Å². The lowest BCUT2D eigenvalue weighted by Gasteiger charge is -2.03. The lowest BCUT2D eigenvalue weighted by molar-refractivity contribution is -0.116. The Hall–Kier alpha value is -1.01. The molecule has 0 aliphatic carbocycles. The van der Waals surface area contributed by atoms with Crippen LogP contribution in [-0.2, 0) is 4.79 Å². The van der Waals surface area contributed by atoms with Crippen molar-refractivity contribution in [3.05, 3.63) is 12.7 Å². The van der Waals surface area contributed by atoms with E-state index < -0.39 is 8.07 Å². The van der Waals surface area contributed by atoms with Gasteiger partial charge in [-0.2, -0.15) is 0 Å². The van der Waals surface area contributed by atoms with Gasteiger partial charge in [0.15, 0.2) is 0 Å². The Kier molecular flexibility index (Phi) is 5.16. The molecule has 0 aromatic rings. The van der Waals surface area contributed by atoms with E-state index in [1.165, 1.54) is 6.08 Å². The number of amides is 1. The first kappa shape index (κ1) is 12.0. The maximum absolute atomic E-state index is 10.7. The fourth-order valence-corrected chi connectivity index (χ4v) is 1.30. The summed E-state index contributed by atoms with van der Waals surface area (Å²) in [5.74, 6) is 2.94. The topological polar surface area (TPSA) is 29.1 Å². The van der Waals surface area contributed by atoms with Gasteiger partial charge in [0.2, 0.25) is 5.91 Å². The minimum absolute atomic E-state index is 0.130. The van der Waals surface area contributed by atoms with E-state index in [1.807, 2.05) is 0 Å². The van der Waals surface area contributed by atoms with Gasteiger partial charge < -0.3 is 5.32 Å². The first-order chi connectivity index (χ1) is 5.95. The molecule has 0 saturated heterocycles. The molecule has 1 N–H and O–H groups in total. The van der Waals surface area contributed by atoms with Crippen molar-refractivity contribution in [3.8, 4) is 11.5 Å². The molecule has 13 heavy (non-hydrogen) atoms. The third-order valence-corrected chi connectivity index (χ3v) is 2.12. The SMILES string of the molecule is C=CC(=O)NCCC#C[Si](C)(C)C.